The van der Waals surface area contributed by atoms with E-state index in [4.69, 9.17) is 4.84 Å². The number of H-pyrrole nitrogens is 1. The van der Waals surface area contributed by atoms with Gasteiger partial charge in [-0.3, -0.25) is 14.3 Å². The van der Waals surface area contributed by atoms with Gasteiger partial charge in [-0.2, -0.15) is 5.10 Å². The zero-order valence-electron chi connectivity index (χ0n) is 12.7. The summed E-state index contributed by atoms with van der Waals surface area (Å²) in [4.78, 5) is 35.5. The molecule has 0 aliphatic heterocycles. The lowest BCUT2D eigenvalue weighted by Crippen LogP contribution is -2.26. The molecule has 1 amide bonds. The quantitative estimate of drug-likeness (QED) is 0.805. The highest BCUT2D eigenvalue weighted by Crippen LogP contribution is 2.31. The summed E-state index contributed by atoms with van der Waals surface area (Å²) in [5.74, 6) is -0.306. The minimum atomic E-state index is -0.408. The molecule has 22 heavy (non-hydrogen) atoms. The van der Waals surface area contributed by atoms with Gasteiger partial charge in [0, 0.05) is 25.9 Å². The molecule has 0 unspecified atom stereocenters. The second-order valence-electron chi connectivity index (χ2n) is 5.23. The van der Waals surface area contributed by atoms with E-state index in [9.17, 15) is 9.59 Å². The largest absolute Gasteiger partial charge is 0.345 e. The number of hydroxylamine groups is 2. The van der Waals surface area contributed by atoms with E-state index >= 15 is 0 Å². The van der Waals surface area contributed by atoms with Gasteiger partial charge in [-0.05, 0) is 24.8 Å². The van der Waals surface area contributed by atoms with Crippen LogP contribution in [0.1, 0.15) is 28.0 Å². The first kappa shape index (κ1) is 14.5. The number of fused-ring (bicyclic) bond motifs is 3. The van der Waals surface area contributed by atoms with Crippen LogP contribution in [-0.4, -0.2) is 44.9 Å². The Balaban J connectivity index is 2.21. The summed E-state index contributed by atoms with van der Waals surface area (Å²) in [5.41, 5.74) is 3.20. The molecule has 2 aromatic rings. The van der Waals surface area contributed by atoms with E-state index in [2.05, 4.69) is 15.1 Å². The molecule has 0 aromatic carbocycles. The summed E-state index contributed by atoms with van der Waals surface area (Å²) in [6.07, 6.45) is 3.95. The third kappa shape index (κ3) is 2.21. The molecule has 0 fully saturated rings. The average molecular weight is 303 g/mol. The van der Waals surface area contributed by atoms with E-state index in [1.807, 2.05) is 0 Å². The Labute approximate surface area is 126 Å². The van der Waals surface area contributed by atoms with Crippen LogP contribution >= 0.6 is 0 Å². The number of nitrogens with one attached hydrogen (secondary N) is 1. The molecule has 1 aliphatic rings. The van der Waals surface area contributed by atoms with Gasteiger partial charge < -0.3 is 4.98 Å². The van der Waals surface area contributed by atoms with Crippen LogP contribution in [0.4, 0.5) is 0 Å². The molecule has 0 saturated heterocycles. The van der Waals surface area contributed by atoms with E-state index in [0.29, 0.717) is 17.8 Å². The number of hydrogen-bond donors (Lipinski definition) is 1. The summed E-state index contributed by atoms with van der Waals surface area (Å²) in [6, 6.07) is 0. The number of nitrogens with zero attached hydrogens (tertiary/aromatic N) is 4. The molecule has 1 aliphatic carbocycles. The van der Waals surface area contributed by atoms with E-state index in [1.165, 1.54) is 7.11 Å². The Hall–Kier alpha value is -2.48. The standard InChI is InChI=1S/C14H17N5O3/c1-18-12-9(11(17-18)13(20)19(2)22-3)6-4-5-8-7-15-14(21)16-10(8)12/h7H,4-6H2,1-3H3,(H,15,16,21). The Bertz CT molecular complexity index is 792. The molecule has 3 rings (SSSR count). The Kier molecular flexibility index (Phi) is 3.53. The average Bonchev–Trinajstić information content (AvgIpc) is 2.71. The Morgan fingerprint density at radius 2 is 2.23 bits per heavy atom. The van der Waals surface area contributed by atoms with E-state index in [0.717, 1.165) is 34.7 Å². The summed E-state index contributed by atoms with van der Waals surface area (Å²) >= 11 is 0. The Morgan fingerprint density at radius 3 is 2.95 bits per heavy atom. The molecule has 2 aromatic heterocycles. The molecule has 0 bridgehead atoms. The lowest BCUT2D eigenvalue weighted by atomic mass is 10.1. The fraction of sp³-hybridized carbons (Fsp3) is 0.429. The van der Waals surface area contributed by atoms with E-state index in [-0.39, 0.29) is 5.91 Å². The van der Waals surface area contributed by atoms with Crippen LogP contribution in [0.25, 0.3) is 11.4 Å². The van der Waals surface area contributed by atoms with Crippen molar-refractivity contribution in [2.45, 2.75) is 19.3 Å². The number of rotatable bonds is 2. The van der Waals surface area contributed by atoms with Gasteiger partial charge in [-0.25, -0.2) is 14.8 Å². The molecular formula is C14H17N5O3. The van der Waals surface area contributed by atoms with Gasteiger partial charge in [-0.1, -0.05) is 0 Å². The fourth-order valence-corrected chi connectivity index (χ4v) is 2.80. The van der Waals surface area contributed by atoms with Crippen LogP contribution in [0, 0.1) is 0 Å². The van der Waals surface area contributed by atoms with Crippen molar-refractivity contribution in [2.24, 2.45) is 7.05 Å². The number of hydrogen-bond acceptors (Lipinski definition) is 5. The number of aromatic amines is 1. The van der Waals surface area contributed by atoms with Crippen LogP contribution in [-0.2, 0) is 24.7 Å². The number of carbonyl (C=O) groups excluding carboxylic acids is 1. The molecule has 0 spiro atoms. The minimum Gasteiger partial charge on any atom is -0.304 e. The smallest absolute Gasteiger partial charge is 0.304 e. The first-order chi connectivity index (χ1) is 10.5. The number of aromatic nitrogens is 4. The molecule has 0 atom stereocenters. The normalized spacial score (nSPS) is 13.2. The van der Waals surface area contributed by atoms with Crippen molar-refractivity contribution in [3.63, 3.8) is 0 Å². The first-order valence-electron chi connectivity index (χ1n) is 6.99. The number of carbonyl (C=O) groups is 1. The van der Waals surface area contributed by atoms with E-state index < -0.39 is 5.69 Å². The predicted molar refractivity (Wildman–Crippen MR) is 78.2 cm³/mol. The molecule has 8 nitrogen and oxygen atoms in total. The van der Waals surface area contributed by atoms with Gasteiger partial charge in [0.25, 0.3) is 5.91 Å². The number of amides is 1. The van der Waals surface area contributed by atoms with Crippen molar-refractivity contribution in [1.82, 2.24) is 24.8 Å². The van der Waals surface area contributed by atoms with Gasteiger partial charge in [0.15, 0.2) is 5.69 Å². The highest BCUT2D eigenvalue weighted by Gasteiger charge is 2.28. The third-order valence-electron chi connectivity index (χ3n) is 3.91. The lowest BCUT2D eigenvalue weighted by molar-refractivity contribution is -0.0761. The highest BCUT2D eigenvalue weighted by atomic mass is 16.7. The van der Waals surface area contributed by atoms with Gasteiger partial charge in [0.2, 0.25) is 0 Å². The zero-order valence-corrected chi connectivity index (χ0v) is 12.7. The Morgan fingerprint density at radius 1 is 1.45 bits per heavy atom. The van der Waals surface area contributed by atoms with Crippen molar-refractivity contribution in [3.8, 4) is 11.4 Å². The monoisotopic (exact) mass is 303 g/mol. The molecule has 0 saturated carbocycles. The van der Waals surface area contributed by atoms with Crippen LogP contribution in [0.15, 0.2) is 11.0 Å². The van der Waals surface area contributed by atoms with Gasteiger partial charge in [0.05, 0.1) is 18.5 Å². The van der Waals surface area contributed by atoms with Crippen molar-refractivity contribution >= 4 is 5.91 Å². The maximum atomic E-state index is 12.4. The van der Waals surface area contributed by atoms with Crippen LogP contribution in [0.5, 0.6) is 0 Å². The summed E-state index contributed by atoms with van der Waals surface area (Å²) < 4.78 is 1.63. The predicted octanol–water partition coefficient (Wildman–Crippen LogP) is 0.293. The fourth-order valence-electron chi connectivity index (χ4n) is 2.80. The first-order valence-corrected chi connectivity index (χ1v) is 6.99. The zero-order chi connectivity index (χ0) is 15.9. The van der Waals surface area contributed by atoms with Gasteiger partial charge >= 0.3 is 5.69 Å². The summed E-state index contributed by atoms with van der Waals surface area (Å²) in [5, 5.41) is 5.48. The lowest BCUT2D eigenvalue weighted by Gasteiger charge is -2.12. The maximum Gasteiger partial charge on any atom is 0.345 e. The van der Waals surface area contributed by atoms with E-state index in [1.54, 1.807) is 25.0 Å². The number of aryl methyl sites for hydroxylation is 2. The third-order valence-corrected chi connectivity index (χ3v) is 3.91. The van der Waals surface area contributed by atoms with Crippen LogP contribution in [0.2, 0.25) is 0 Å². The molecule has 116 valence electrons. The molecule has 2 heterocycles. The van der Waals surface area contributed by atoms with Crippen molar-refractivity contribution in [2.75, 3.05) is 14.2 Å². The topological polar surface area (TPSA) is 93.1 Å². The molecular weight excluding hydrogens is 286 g/mol. The second-order valence-corrected chi connectivity index (χ2v) is 5.23. The van der Waals surface area contributed by atoms with Crippen LogP contribution in [0.3, 0.4) is 0 Å². The second kappa shape index (κ2) is 5.38. The maximum absolute atomic E-state index is 12.4. The van der Waals surface area contributed by atoms with Gasteiger partial charge in [0.1, 0.15) is 0 Å². The van der Waals surface area contributed by atoms with Crippen LogP contribution < -0.4 is 5.69 Å². The van der Waals surface area contributed by atoms with Gasteiger partial charge in [-0.15, -0.1) is 0 Å². The van der Waals surface area contributed by atoms with Crippen molar-refractivity contribution < 1.29 is 9.63 Å². The van der Waals surface area contributed by atoms with Crippen molar-refractivity contribution in [3.05, 3.63) is 33.5 Å². The molecule has 1 N–H and O–H groups in total. The SMILES string of the molecule is CON(C)C(=O)c1nn(C)c2c1CCCc1cnc(=O)[nH]c1-2. The summed E-state index contributed by atoms with van der Waals surface area (Å²) in [7, 11) is 4.73. The van der Waals surface area contributed by atoms with Crippen molar-refractivity contribution in [1.29, 1.82) is 0 Å². The highest BCUT2D eigenvalue weighted by molar-refractivity contribution is 5.94. The summed E-state index contributed by atoms with van der Waals surface area (Å²) in [6.45, 7) is 0. The molecule has 8 heteroatoms. The minimum absolute atomic E-state index is 0.306. The molecule has 0 radical (unpaired) electrons.